The smallest absolute Gasteiger partial charge is 0.295 e. The number of benzene rings is 1. The fourth-order valence-electron chi connectivity index (χ4n) is 1.31. The Labute approximate surface area is 101 Å². The minimum atomic E-state index is -1.03. The van der Waals surface area contributed by atoms with E-state index in [2.05, 4.69) is 17.2 Å². The van der Waals surface area contributed by atoms with E-state index in [9.17, 15) is 9.90 Å². The Morgan fingerprint density at radius 3 is 2.88 bits per heavy atom. The SMILES string of the molecule is CCNC(=O)C#CC(O)c1ccccc1OC. The van der Waals surface area contributed by atoms with E-state index in [1.165, 1.54) is 7.11 Å². The summed E-state index contributed by atoms with van der Waals surface area (Å²) >= 11 is 0. The third-order valence-electron chi connectivity index (χ3n) is 2.09. The van der Waals surface area contributed by atoms with Gasteiger partial charge in [0.25, 0.3) is 5.91 Å². The van der Waals surface area contributed by atoms with Crippen LogP contribution in [0.4, 0.5) is 0 Å². The number of aliphatic hydroxyl groups excluding tert-OH is 1. The maximum absolute atomic E-state index is 11.1. The molecule has 90 valence electrons. The minimum Gasteiger partial charge on any atom is -0.496 e. The minimum absolute atomic E-state index is 0.401. The number of carbonyl (C=O) groups excluding carboxylic acids is 1. The average molecular weight is 233 g/mol. The molecule has 0 aliphatic carbocycles. The number of methoxy groups -OCH3 is 1. The van der Waals surface area contributed by atoms with Crippen LogP contribution in [0, 0.1) is 11.8 Å². The zero-order valence-electron chi connectivity index (χ0n) is 9.86. The molecule has 1 aromatic rings. The summed E-state index contributed by atoms with van der Waals surface area (Å²) in [7, 11) is 1.52. The lowest BCUT2D eigenvalue weighted by atomic mass is 10.1. The molecule has 0 aliphatic rings. The van der Waals surface area contributed by atoms with Crippen molar-refractivity contribution >= 4 is 5.91 Å². The summed E-state index contributed by atoms with van der Waals surface area (Å²) in [6, 6.07) is 7.00. The van der Waals surface area contributed by atoms with Gasteiger partial charge in [-0.3, -0.25) is 4.79 Å². The molecule has 2 N–H and O–H groups in total. The van der Waals surface area contributed by atoms with Crippen LogP contribution in [-0.2, 0) is 4.79 Å². The molecule has 0 spiro atoms. The summed E-state index contributed by atoms with van der Waals surface area (Å²) in [5, 5.41) is 12.3. The molecule has 0 radical (unpaired) electrons. The van der Waals surface area contributed by atoms with Crippen LogP contribution in [0.5, 0.6) is 5.75 Å². The number of para-hydroxylation sites is 1. The van der Waals surface area contributed by atoms with E-state index in [-0.39, 0.29) is 0 Å². The zero-order valence-corrected chi connectivity index (χ0v) is 9.86. The first-order chi connectivity index (χ1) is 8.19. The van der Waals surface area contributed by atoms with Crippen LogP contribution in [-0.4, -0.2) is 24.7 Å². The van der Waals surface area contributed by atoms with Gasteiger partial charge in [-0.25, -0.2) is 0 Å². The van der Waals surface area contributed by atoms with Crippen molar-refractivity contribution in [3.05, 3.63) is 29.8 Å². The third kappa shape index (κ3) is 3.82. The van der Waals surface area contributed by atoms with Gasteiger partial charge >= 0.3 is 0 Å². The first-order valence-corrected chi connectivity index (χ1v) is 5.29. The first-order valence-electron chi connectivity index (χ1n) is 5.29. The number of aliphatic hydroxyl groups is 1. The van der Waals surface area contributed by atoms with Crippen molar-refractivity contribution in [3.8, 4) is 17.6 Å². The molecule has 17 heavy (non-hydrogen) atoms. The Hall–Kier alpha value is -1.99. The number of rotatable bonds is 3. The molecule has 4 nitrogen and oxygen atoms in total. The maximum Gasteiger partial charge on any atom is 0.295 e. The van der Waals surface area contributed by atoms with Gasteiger partial charge in [-0.05, 0) is 18.9 Å². The standard InChI is InChI=1S/C13H15NO3/c1-3-14-13(16)9-8-11(15)10-6-4-5-7-12(10)17-2/h4-7,11,15H,3H2,1-2H3,(H,14,16). The highest BCUT2D eigenvalue weighted by Crippen LogP contribution is 2.23. The second kappa shape index (κ2) is 6.56. The molecule has 1 amide bonds. The van der Waals surface area contributed by atoms with E-state index in [1.807, 2.05) is 0 Å². The lowest BCUT2D eigenvalue weighted by Crippen LogP contribution is -2.20. The predicted octanol–water partition coefficient (Wildman–Crippen LogP) is 0.868. The molecule has 1 rings (SSSR count). The van der Waals surface area contributed by atoms with Gasteiger partial charge < -0.3 is 15.2 Å². The summed E-state index contributed by atoms with van der Waals surface area (Å²) in [4.78, 5) is 11.1. The Kier molecular flexibility index (Phi) is 5.05. The highest BCUT2D eigenvalue weighted by Gasteiger charge is 2.09. The molecule has 1 aromatic carbocycles. The quantitative estimate of drug-likeness (QED) is 0.761. The van der Waals surface area contributed by atoms with E-state index >= 15 is 0 Å². The largest absolute Gasteiger partial charge is 0.496 e. The fourth-order valence-corrected chi connectivity index (χ4v) is 1.31. The van der Waals surface area contributed by atoms with Crippen molar-refractivity contribution in [1.29, 1.82) is 0 Å². The number of ether oxygens (including phenoxy) is 1. The highest BCUT2D eigenvalue weighted by molar-refractivity contribution is 5.93. The first kappa shape index (κ1) is 13.1. The molecule has 0 fully saturated rings. The van der Waals surface area contributed by atoms with Gasteiger partial charge in [0, 0.05) is 12.1 Å². The van der Waals surface area contributed by atoms with E-state index in [0.29, 0.717) is 17.9 Å². The van der Waals surface area contributed by atoms with Crippen LogP contribution in [0.25, 0.3) is 0 Å². The summed E-state index contributed by atoms with van der Waals surface area (Å²) in [5.74, 6) is 4.94. The molecule has 0 saturated carbocycles. The van der Waals surface area contributed by atoms with Gasteiger partial charge in [-0.15, -0.1) is 0 Å². The van der Waals surface area contributed by atoms with Crippen LogP contribution in [0.15, 0.2) is 24.3 Å². The molecule has 0 aromatic heterocycles. The Bertz CT molecular complexity index is 445. The topological polar surface area (TPSA) is 58.6 Å². The van der Waals surface area contributed by atoms with E-state index in [1.54, 1.807) is 31.2 Å². The molecule has 0 bridgehead atoms. The summed E-state index contributed by atoms with van der Waals surface area (Å²) in [6.45, 7) is 2.31. The van der Waals surface area contributed by atoms with E-state index in [4.69, 9.17) is 4.74 Å². The van der Waals surface area contributed by atoms with Gasteiger partial charge in [0.2, 0.25) is 0 Å². The maximum atomic E-state index is 11.1. The van der Waals surface area contributed by atoms with Crippen LogP contribution in [0.2, 0.25) is 0 Å². The van der Waals surface area contributed by atoms with Crippen LogP contribution in [0.1, 0.15) is 18.6 Å². The summed E-state index contributed by atoms with van der Waals surface area (Å²) in [5.41, 5.74) is 0.548. The lowest BCUT2D eigenvalue weighted by Gasteiger charge is -2.09. The van der Waals surface area contributed by atoms with Crippen molar-refractivity contribution in [2.24, 2.45) is 0 Å². The lowest BCUT2D eigenvalue weighted by molar-refractivity contribution is -0.115. The molecular formula is C13H15NO3. The number of carbonyl (C=O) groups is 1. The van der Waals surface area contributed by atoms with Gasteiger partial charge in [0.1, 0.15) is 11.9 Å². The molecule has 0 saturated heterocycles. The summed E-state index contributed by atoms with van der Waals surface area (Å²) in [6.07, 6.45) is -1.03. The van der Waals surface area contributed by atoms with Crippen molar-refractivity contribution in [3.63, 3.8) is 0 Å². The Morgan fingerprint density at radius 2 is 2.24 bits per heavy atom. The van der Waals surface area contributed by atoms with Gasteiger partial charge in [-0.2, -0.15) is 0 Å². The second-order valence-corrected chi connectivity index (χ2v) is 3.27. The van der Waals surface area contributed by atoms with E-state index < -0.39 is 12.0 Å². The van der Waals surface area contributed by atoms with E-state index in [0.717, 1.165) is 0 Å². The normalized spacial score (nSPS) is 11.0. The molecule has 1 atom stereocenters. The van der Waals surface area contributed by atoms with Crippen LogP contribution in [0.3, 0.4) is 0 Å². The van der Waals surface area contributed by atoms with Crippen LogP contribution >= 0.6 is 0 Å². The fraction of sp³-hybridized carbons (Fsp3) is 0.308. The second-order valence-electron chi connectivity index (χ2n) is 3.27. The highest BCUT2D eigenvalue weighted by atomic mass is 16.5. The molecule has 1 unspecified atom stereocenters. The predicted molar refractivity (Wildman–Crippen MR) is 64.4 cm³/mol. The van der Waals surface area contributed by atoms with Crippen molar-refractivity contribution in [2.45, 2.75) is 13.0 Å². The van der Waals surface area contributed by atoms with Gasteiger partial charge in [0.15, 0.2) is 0 Å². The Morgan fingerprint density at radius 1 is 1.53 bits per heavy atom. The van der Waals surface area contributed by atoms with Crippen molar-refractivity contribution in [1.82, 2.24) is 5.32 Å². The van der Waals surface area contributed by atoms with Crippen molar-refractivity contribution < 1.29 is 14.6 Å². The molecule has 4 heteroatoms. The van der Waals surface area contributed by atoms with Crippen LogP contribution < -0.4 is 10.1 Å². The Balaban J connectivity index is 2.82. The van der Waals surface area contributed by atoms with Gasteiger partial charge in [-0.1, -0.05) is 24.1 Å². The van der Waals surface area contributed by atoms with Gasteiger partial charge in [0.05, 0.1) is 7.11 Å². The monoisotopic (exact) mass is 233 g/mol. The molecule has 0 aliphatic heterocycles. The third-order valence-corrected chi connectivity index (χ3v) is 2.09. The number of amides is 1. The number of hydrogen-bond acceptors (Lipinski definition) is 3. The molecular weight excluding hydrogens is 218 g/mol. The average Bonchev–Trinajstić information content (AvgIpc) is 2.36. The molecule has 0 heterocycles. The number of hydrogen-bond donors (Lipinski definition) is 2. The summed E-state index contributed by atoms with van der Waals surface area (Å²) < 4.78 is 5.09. The zero-order chi connectivity index (χ0) is 12.7. The van der Waals surface area contributed by atoms with Crippen molar-refractivity contribution in [2.75, 3.05) is 13.7 Å². The number of nitrogens with one attached hydrogen (secondary N) is 1.